The maximum atomic E-state index is 13.3. The van der Waals surface area contributed by atoms with Crippen molar-refractivity contribution in [2.75, 3.05) is 12.0 Å². The molecule has 3 aromatic rings. The third kappa shape index (κ3) is 2.94. The Kier molecular flexibility index (Phi) is 4.31. The minimum absolute atomic E-state index is 0.143. The highest BCUT2D eigenvalue weighted by atomic mass is 32.1. The highest BCUT2D eigenvalue weighted by molar-refractivity contribution is 7.10. The second-order valence-corrected chi connectivity index (χ2v) is 7.35. The van der Waals surface area contributed by atoms with Gasteiger partial charge in [-0.3, -0.25) is 19.1 Å². The number of aromatic nitrogens is 1. The van der Waals surface area contributed by atoms with Gasteiger partial charge < -0.3 is 4.74 Å². The van der Waals surface area contributed by atoms with Crippen molar-refractivity contribution in [1.82, 2.24) is 4.57 Å². The number of carbonyl (C=O) groups is 1. The lowest BCUT2D eigenvalue weighted by atomic mass is 9.90. The van der Waals surface area contributed by atoms with Crippen LogP contribution in [0.25, 0.3) is 0 Å². The maximum Gasteiger partial charge on any atom is 0.308 e. The third-order valence-electron chi connectivity index (χ3n) is 4.75. The number of methoxy groups -OCH3 is 1. The second kappa shape index (κ2) is 6.66. The Hall–Kier alpha value is -2.93. The first-order valence-electron chi connectivity index (χ1n) is 8.41. The van der Waals surface area contributed by atoms with Crippen LogP contribution in [0.2, 0.25) is 0 Å². The molecule has 0 bridgehead atoms. The molecule has 0 aliphatic carbocycles. The van der Waals surface area contributed by atoms with Gasteiger partial charge in [0.25, 0.3) is 0 Å². The number of ether oxygens (including phenoxy) is 1. The number of hydrogen-bond acceptors (Lipinski definition) is 4. The molecule has 0 radical (unpaired) electrons. The number of fused-ring (bicyclic) bond motifs is 1. The summed E-state index contributed by atoms with van der Waals surface area (Å²) in [5.74, 6) is 0.497. The van der Waals surface area contributed by atoms with Gasteiger partial charge in [0.1, 0.15) is 17.4 Å². The lowest BCUT2D eigenvalue weighted by molar-refractivity contribution is -0.118. The van der Waals surface area contributed by atoms with Gasteiger partial charge in [-0.1, -0.05) is 23.5 Å². The minimum Gasteiger partial charge on any atom is -0.497 e. The van der Waals surface area contributed by atoms with Crippen LogP contribution in [0.1, 0.15) is 22.8 Å². The normalized spacial score (nSPS) is 16.3. The second-order valence-electron chi connectivity index (χ2n) is 6.35. The van der Waals surface area contributed by atoms with E-state index in [9.17, 15) is 14.0 Å². The van der Waals surface area contributed by atoms with Crippen LogP contribution in [0.3, 0.4) is 0 Å². The van der Waals surface area contributed by atoms with Crippen LogP contribution in [-0.4, -0.2) is 17.6 Å². The van der Waals surface area contributed by atoms with E-state index in [1.807, 2.05) is 24.3 Å². The van der Waals surface area contributed by atoms with Gasteiger partial charge in [0.15, 0.2) is 0 Å². The number of hydrogen-bond donors (Lipinski definition) is 0. The number of rotatable bonds is 3. The molecule has 1 aliphatic heterocycles. The van der Waals surface area contributed by atoms with E-state index in [1.165, 1.54) is 21.6 Å². The fourth-order valence-electron chi connectivity index (χ4n) is 3.41. The van der Waals surface area contributed by atoms with Crippen LogP contribution in [-0.2, 0) is 11.8 Å². The molecule has 5 nitrogen and oxygen atoms in total. The van der Waals surface area contributed by atoms with Gasteiger partial charge in [-0.15, -0.1) is 0 Å². The Morgan fingerprint density at radius 1 is 1.15 bits per heavy atom. The number of amides is 1. The van der Waals surface area contributed by atoms with Gasteiger partial charge in [-0.05, 0) is 42.0 Å². The molecule has 1 unspecified atom stereocenters. The summed E-state index contributed by atoms with van der Waals surface area (Å²) in [5.41, 5.74) is 1.46. The molecule has 2 heterocycles. The largest absolute Gasteiger partial charge is 0.497 e. The summed E-state index contributed by atoms with van der Waals surface area (Å²) < 4.78 is 20.1. The predicted octanol–water partition coefficient (Wildman–Crippen LogP) is 3.79. The Morgan fingerprint density at radius 2 is 1.89 bits per heavy atom. The van der Waals surface area contributed by atoms with Gasteiger partial charge in [0, 0.05) is 19.4 Å². The van der Waals surface area contributed by atoms with Crippen LogP contribution in [0.5, 0.6) is 5.75 Å². The zero-order valence-corrected chi connectivity index (χ0v) is 15.6. The van der Waals surface area contributed by atoms with Crippen LogP contribution < -0.4 is 14.5 Å². The molecular formula is C20H17FN2O3S. The molecule has 1 atom stereocenters. The lowest BCUT2D eigenvalue weighted by Crippen LogP contribution is -2.34. The fraction of sp³-hybridized carbons (Fsp3) is 0.200. The monoisotopic (exact) mass is 384 g/mol. The average molecular weight is 384 g/mol. The Labute approximate surface area is 159 Å². The van der Waals surface area contributed by atoms with Crippen molar-refractivity contribution >= 4 is 28.7 Å². The van der Waals surface area contributed by atoms with Gasteiger partial charge in [0.05, 0.1) is 17.7 Å². The van der Waals surface area contributed by atoms with E-state index in [-0.39, 0.29) is 28.9 Å². The summed E-state index contributed by atoms with van der Waals surface area (Å²) in [6.07, 6.45) is 0.220. The van der Waals surface area contributed by atoms with Crippen molar-refractivity contribution in [3.05, 3.63) is 74.5 Å². The minimum atomic E-state index is -0.378. The van der Waals surface area contributed by atoms with E-state index >= 15 is 0 Å². The number of benzene rings is 2. The van der Waals surface area contributed by atoms with E-state index in [1.54, 1.807) is 26.3 Å². The van der Waals surface area contributed by atoms with Gasteiger partial charge in [-0.2, -0.15) is 0 Å². The first-order chi connectivity index (χ1) is 13.0. The molecule has 1 amide bonds. The number of nitrogens with zero attached hydrogens (tertiary/aromatic N) is 2. The van der Waals surface area contributed by atoms with Crippen molar-refractivity contribution in [3.63, 3.8) is 0 Å². The van der Waals surface area contributed by atoms with Gasteiger partial charge in [-0.25, -0.2) is 4.39 Å². The van der Waals surface area contributed by atoms with E-state index in [0.29, 0.717) is 17.3 Å². The molecule has 0 N–H and O–H groups in total. The number of carbonyl (C=O) groups excluding carboxylic acids is 1. The summed E-state index contributed by atoms with van der Waals surface area (Å²) >= 11 is 1.14. The molecule has 1 aliphatic rings. The maximum absolute atomic E-state index is 13.3. The molecule has 0 fully saturated rings. The quantitative estimate of drug-likeness (QED) is 0.690. The van der Waals surface area contributed by atoms with Crippen LogP contribution >= 0.6 is 11.3 Å². The van der Waals surface area contributed by atoms with Crippen molar-refractivity contribution in [2.45, 2.75) is 12.3 Å². The average Bonchev–Trinajstić information content (AvgIpc) is 2.97. The summed E-state index contributed by atoms with van der Waals surface area (Å²) in [5, 5.41) is 0. The number of halogens is 1. The summed E-state index contributed by atoms with van der Waals surface area (Å²) in [4.78, 5) is 27.6. The topological polar surface area (TPSA) is 51.5 Å². The Morgan fingerprint density at radius 3 is 2.59 bits per heavy atom. The highest BCUT2D eigenvalue weighted by Gasteiger charge is 2.37. The molecule has 0 saturated carbocycles. The van der Waals surface area contributed by atoms with E-state index in [2.05, 4.69) is 0 Å². The first kappa shape index (κ1) is 17.5. The van der Waals surface area contributed by atoms with E-state index < -0.39 is 0 Å². The first-order valence-corrected chi connectivity index (χ1v) is 9.23. The van der Waals surface area contributed by atoms with Crippen molar-refractivity contribution in [1.29, 1.82) is 0 Å². The molecule has 2 aromatic carbocycles. The molecule has 27 heavy (non-hydrogen) atoms. The predicted molar refractivity (Wildman–Crippen MR) is 103 cm³/mol. The van der Waals surface area contributed by atoms with Crippen LogP contribution in [0.15, 0.2) is 53.3 Å². The van der Waals surface area contributed by atoms with Gasteiger partial charge >= 0.3 is 4.87 Å². The number of anilines is 2. The SMILES string of the molecule is COc1cccc(C2CC(=O)N(c3ccc(F)cc3)c3c2sc(=O)n3C)c1. The fourth-order valence-corrected chi connectivity index (χ4v) is 4.50. The zero-order chi connectivity index (χ0) is 19.1. The number of thiazole rings is 1. The summed E-state index contributed by atoms with van der Waals surface area (Å²) in [6.45, 7) is 0. The lowest BCUT2D eigenvalue weighted by Gasteiger charge is -2.32. The molecule has 138 valence electrons. The van der Waals surface area contributed by atoms with Crippen LogP contribution in [0.4, 0.5) is 15.9 Å². The molecule has 1 aromatic heterocycles. The van der Waals surface area contributed by atoms with Crippen molar-refractivity contribution in [3.8, 4) is 5.75 Å². The Balaban J connectivity index is 1.88. The van der Waals surface area contributed by atoms with Crippen LogP contribution in [0, 0.1) is 5.82 Å². The summed E-state index contributed by atoms with van der Waals surface area (Å²) in [6, 6.07) is 13.2. The Bertz CT molecular complexity index is 1070. The van der Waals surface area contributed by atoms with E-state index in [0.717, 1.165) is 21.8 Å². The molecule has 0 saturated heterocycles. The van der Waals surface area contributed by atoms with Crippen molar-refractivity contribution < 1.29 is 13.9 Å². The molecular weight excluding hydrogens is 367 g/mol. The molecule has 4 rings (SSSR count). The summed E-state index contributed by atoms with van der Waals surface area (Å²) in [7, 11) is 3.24. The molecule has 0 spiro atoms. The van der Waals surface area contributed by atoms with Crippen molar-refractivity contribution in [2.24, 2.45) is 7.05 Å². The van der Waals surface area contributed by atoms with Gasteiger partial charge in [0.2, 0.25) is 5.91 Å². The third-order valence-corrected chi connectivity index (χ3v) is 5.88. The standard InChI is InChI=1S/C20H17FN2O3S/c1-22-19-18(27-20(22)25)16(12-4-3-5-15(10-12)26-2)11-17(24)23(19)14-8-6-13(21)7-9-14/h3-10,16H,11H2,1-2H3. The highest BCUT2D eigenvalue weighted by Crippen LogP contribution is 2.44. The zero-order valence-electron chi connectivity index (χ0n) is 14.8. The van der Waals surface area contributed by atoms with E-state index in [4.69, 9.17) is 4.74 Å². The molecule has 7 heteroatoms. The smallest absolute Gasteiger partial charge is 0.308 e.